The first kappa shape index (κ1) is 48.0. The van der Waals surface area contributed by atoms with Crippen molar-refractivity contribution in [3.63, 3.8) is 0 Å². The summed E-state index contributed by atoms with van der Waals surface area (Å²) in [6, 6.07) is 0. The van der Waals surface area contributed by atoms with E-state index in [2.05, 4.69) is 18.0 Å². The Kier molecular flexibility index (Phi) is 41.9. The first-order valence-electron chi connectivity index (χ1n) is 20.1. The van der Waals surface area contributed by atoms with Crippen LogP contribution in [-0.2, 0) is 14.6 Å². The molecule has 1 unspecified atom stereocenters. The second-order valence-corrected chi connectivity index (χ2v) is 15.1. The van der Waals surface area contributed by atoms with Crippen LogP contribution in [0.15, 0.2) is 0 Å². The summed E-state index contributed by atoms with van der Waals surface area (Å²) in [5, 5.41) is 0. The fourth-order valence-corrected chi connectivity index (χ4v) is 6.99. The van der Waals surface area contributed by atoms with Crippen LogP contribution in [0.25, 0.3) is 0 Å². The first-order valence-corrected chi connectivity index (χ1v) is 21.4. The molecule has 0 aromatic rings. The van der Waals surface area contributed by atoms with E-state index in [1.165, 1.54) is 199 Å². The van der Waals surface area contributed by atoms with Crippen LogP contribution < -0.4 is 29.6 Å². The quantitative estimate of drug-likeness (QED) is 0.0285. The van der Waals surface area contributed by atoms with Crippen molar-refractivity contribution in [2.24, 2.45) is 5.92 Å². The van der Waals surface area contributed by atoms with Crippen LogP contribution in [0.2, 0.25) is 0 Å². The van der Waals surface area contributed by atoms with Gasteiger partial charge in [-0.05, 0) is 18.8 Å². The van der Waals surface area contributed by atoms with Gasteiger partial charge in [-0.1, -0.05) is 226 Å². The smallest absolute Gasteiger partial charge is 0.726 e. The third-order valence-electron chi connectivity index (χ3n) is 9.63. The van der Waals surface area contributed by atoms with Crippen molar-refractivity contribution in [1.29, 1.82) is 0 Å². The molecule has 0 fully saturated rings. The molecule has 0 aliphatic rings. The van der Waals surface area contributed by atoms with Gasteiger partial charge < -0.3 is 4.55 Å². The SMILES string of the molecule is CCCCCCCCCCCCCCCCCCCCC(CCCCCCCCCCCCCCCCC)COS(=O)(=O)[O-].[Na+]. The zero-order chi connectivity index (χ0) is 32.2. The predicted octanol–water partition coefficient (Wildman–Crippen LogP) is 10.8. The van der Waals surface area contributed by atoms with Crippen molar-refractivity contribution < 1.29 is 46.7 Å². The molecule has 0 spiro atoms. The maximum absolute atomic E-state index is 11.0. The van der Waals surface area contributed by atoms with Gasteiger partial charge in [0, 0.05) is 0 Å². The van der Waals surface area contributed by atoms with E-state index in [1.54, 1.807) is 0 Å². The monoisotopic (exact) mass is 667 g/mol. The third-order valence-corrected chi connectivity index (χ3v) is 10.1. The van der Waals surface area contributed by atoms with Crippen LogP contribution in [0.4, 0.5) is 0 Å². The van der Waals surface area contributed by atoms with Crippen LogP contribution in [0.5, 0.6) is 0 Å². The Hall–Kier alpha value is 0.870. The second kappa shape index (κ2) is 39.3. The van der Waals surface area contributed by atoms with Crippen molar-refractivity contribution in [1.82, 2.24) is 0 Å². The summed E-state index contributed by atoms with van der Waals surface area (Å²) in [4.78, 5) is 0. The van der Waals surface area contributed by atoms with E-state index >= 15 is 0 Å². The molecule has 0 aromatic heterocycles. The number of hydrogen-bond donors (Lipinski definition) is 0. The van der Waals surface area contributed by atoms with Gasteiger partial charge in [0.2, 0.25) is 10.4 Å². The Morgan fingerprint density at radius 2 is 0.600 bits per heavy atom. The molecule has 4 nitrogen and oxygen atoms in total. The van der Waals surface area contributed by atoms with Gasteiger partial charge in [0.05, 0.1) is 6.61 Å². The van der Waals surface area contributed by atoms with Crippen molar-refractivity contribution in [3.05, 3.63) is 0 Å². The number of rotatable bonds is 38. The Bertz CT molecular complexity index is 643. The van der Waals surface area contributed by atoms with E-state index in [9.17, 15) is 13.0 Å². The molecule has 6 heteroatoms. The maximum atomic E-state index is 11.0. The zero-order valence-corrected chi connectivity index (χ0v) is 33.9. The molecule has 45 heavy (non-hydrogen) atoms. The van der Waals surface area contributed by atoms with E-state index in [0.717, 1.165) is 25.7 Å². The molecule has 0 bridgehead atoms. The minimum Gasteiger partial charge on any atom is -0.726 e. The van der Waals surface area contributed by atoms with Crippen molar-refractivity contribution in [2.75, 3.05) is 6.61 Å². The molecular formula is C39H79NaO4S. The second-order valence-electron chi connectivity index (χ2n) is 14.1. The van der Waals surface area contributed by atoms with Gasteiger partial charge >= 0.3 is 29.6 Å². The van der Waals surface area contributed by atoms with Crippen LogP contribution in [0.1, 0.15) is 239 Å². The van der Waals surface area contributed by atoms with Crippen LogP contribution in [0.3, 0.4) is 0 Å². The van der Waals surface area contributed by atoms with Gasteiger partial charge in [-0.25, -0.2) is 8.42 Å². The topological polar surface area (TPSA) is 66.4 Å². The Balaban J connectivity index is 0. The van der Waals surface area contributed by atoms with Crippen molar-refractivity contribution in [3.8, 4) is 0 Å². The van der Waals surface area contributed by atoms with Gasteiger partial charge in [0.15, 0.2) is 0 Å². The molecule has 0 N–H and O–H groups in total. The fraction of sp³-hybridized carbons (Fsp3) is 1.00. The molecular weight excluding hydrogens is 587 g/mol. The fourth-order valence-electron chi connectivity index (χ4n) is 6.63. The molecule has 0 saturated heterocycles. The molecule has 0 radical (unpaired) electrons. The first-order chi connectivity index (χ1) is 21.5. The summed E-state index contributed by atoms with van der Waals surface area (Å²) in [5.41, 5.74) is 0. The van der Waals surface area contributed by atoms with Crippen molar-refractivity contribution in [2.45, 2.75) is 239 Å². The Morgan fingerprint density at radius 1 is 0.400 bits per heavy atom. The average Bonchev–Trinajstić information content (AvgIpc) is 3.00. The maximum Gasteiger partial charge on any atom is 1.00 e. The summed E-state index contributed by atoms with van der Waals surface area (Å²) in [6.07, 6.45) is 46.8. The molecule has 0 aromatic carbocycles. The average molecular weight is 667 g/mol. The molecule has 0 heterocycles. The third kappa shape index (κ3) is 42.8. The summed E-state index contributed by atoms with van der Waals surface area (Å²) < 4.78 is 37.7. The van der Waals surface area contributed by atoms with Gasteiger partial charge in [-0.2, -0.15) is 0 Å². The molecule has 0 saturated carbocycles. The molecule has 0 aliphatic heterocycles. The van der Waals surface area contributed by atoms with Crippen LogP contribution >= 0.6 is 0 Å². The summed E-state index contributed by atoms with van der Waals surface area (Å²) in [6.45, 7) is 4.64. The van der Waals surface area contributed by atoms with Gasteiger partial charge in [-0.3, -0.25) is 4.18 Å². The predicted molar refractivity (Wildman–Crippen MR) is 192 cm³/mol. The van der Waals surface area contributed by atoms with Gasteiger partial charge in [-0.15, -0.1) is 0 Å². The van der Waals surface area contributed by atoms with E-state index < -0.39 is 10.4 Å². The van der Waals surface area contributed by atoms with Crippen molar-refractivity contribution >= 4 is 10.4 Å². The van der Waals surface area contributed by atoms with Crippen LogP contribution in [-0.4, -0.2) is 19.6 Å². The minimum atomic E-state index is -4.59. The normalized spacial score (nSPS) is 12.4. The minimum absolute atomic E-state index is 0. The number of hydrogen-bond acceptors (Lipinski definition) is 4. The molecule has 1 atom stereocenters. The number of unbranched alkanes of at least 4 members (excludes halogenated alkanes) is 31. The van der Waals surface area contributed by atoms with E-state index in [0.29, 0.717) is 0 Å². The Labute approximate surface area is 306 Å². The standard InChI is InChI=1S/C39H80O4S.Na/c1-3-5-7-9-11-13-15-17-19-20-21-23-25-27-29-31-33-35-37-39(38-43-44(40,41)42)36-34-32-30-28-26-24-22-18-16-14-12-10-8-6-4-2;/h39H,3-38H2,1-2H3,(H,40,41,42);/q;+1/p-1. The van der Waals surface area contributed by atoms with Crippen LogP contribution in [0, 0.1) is 5.92 Å². The summed E-state index contributed by atoms with van der Waals surface area (Å²) in [7, 11) is -4.59. The molecule has 266 valence electrons. The van der Waals surface area contributed by atoms with Gasteiger partial charge in [0.25, 0.3) is 0 Å². The molecule has 0 aliphatic carbocycles. The summed E-state index contributed by atoms with van der Waals surface area (Å²) in [5.74, 6) is 0.196. The largest absolute Gasteiger partial charge is 1.00 e. The zero-order valence-electron chi connectivity index (χ0n) is 31.1. The van der Waals surface area contributed by atoms with Gasteiger partial charge in [0.1, 0.15) is 0 Å². The molecule has 0 rings (SSSR count). The molecule has 0 amide bonds. The van der Waals surface area contributed by atoms with E-state index in [1.807, 2.05) is 0 Å². The van der Waals surface area contributed by atoms with E-state index in [-0.39, 0.29) is 42.1 Å². The summed E-state index contributed by atoms with van der Waals surface area (Å²) >= 11 is 0. The van der Waals surface area contributed by atoms with E-state index in [4.69, 9.17) is 0 Å². The Morgan fingerprint density at radius 3 is 0.800 bits per heavy atom.